The van der Waals surface area contributed by atoms with Gasteiger partial charge in [-0.05, 0) is 98.9 Å². The van der Waals surface area contributed by atoms with Crippen molar-refractivity contribution < 1.29 is 62.1 Å². The number of alkyl carbamates (subject to hydrolysis) is 1. The molecule has 23 nitrogen and oxygen atoms in total. The Labute approximate surface area is 466 Å². The summed E-state index contributed by atoms with van der Waals surface area (Å²) in [6.07, 6.45) is 4.97. The normalized spacial score (nSPS) is 15.5. The van der Waals surface area contributed by atoms with Gasteiger partial charge in [-0.1, -0.05) is 49.3 Å². The molecule has 24 heteroatoms. The van der Waals surface area contributed by atoms with Crippen LogP contribution in [0.2, 0.25) is 0 Å². The van der Waals surface area contributed by atoms with Gasteiger partial charge in [-0.3, -0.25) is 43.8 Å². The van der Waals surface area contributed by atoms with Crippen molar-refractivity contribution in [1.82, 2.24) is 41.0 Å². The lowest BCUT2D eigenvalue weighted by molar-refractivity contribution is -0.138. The van der Waals surface area contributed by atoms with E-state index >= 15 is 0 Å². The number of ether oxygens (including phenoxy) is 4. The molecule has 8 N–H and O–H groups in total. The van der Waals surface area contributed by atoms with E-state index in [0.29, 0.717) is 90.2 Å². The number of carbonyl (C=O) groups excluding carboxylic acids is 9. The first-order valence-electron chi connectivity index (χ1n) is 26.8. The number of pyridine rings is 2. The molecular weight excluding hydrogens is 1050 g/mol. The van der Waals surface area contributed by atoms with E-state index in [1.165, 1.54) is 4.90 Å². The quantitative estimate of drug-likeness (QED) is 0.0132. The van der Waals surface area contributed by atoms with Gasteiger partial charge in [-0.2, -0.15) is 0 Å². The second kappa shape index (κ2) is 26.6. The number of fused-ring (bicyclic) bond motifs is 6. The molecule has 1 saturated heterocycles. The second-order valence-corrected chi connectivity index (χ2v) is 20.6. The van der Waals surface area contributed by atoms with Gasteiger partial charge in [0.2, 0.25) is 42.2 Å². The summed E-state index contributed by atoms with van der Waals surface area (Å²) < 4.78 is 24.9. The standard InChI is InChI=1S/C56H66N10O13S/c1-4-34-36-22-43-51-39(26-66(43)54(80)35(36)15-16-44(34)67)38(37-23-45-46(79-30-78-45)24-41(37)63-51)25-59-48(69)28-76-29-60-56(75)77-27-32-11-13-33(14-12-32)61-52(72)40(9-8-19-58-55(57)74)64-53(73)42(21-31(2)3)62-47(68)10-6-5-7-20-65-49(70)17-18-50(65)71/h11-14,21-24,34,40,42H,4-10,15-20,25-30H2,1-3H3,(H,59,69)(H,60,75)(H,61,72)(H,62,68)(H,64,73)(H3,57,58,74)/t34?,40-,42-/m0/s1. The maximum Gasteiger partial charge on any atom is 0.409 e. The number of benzene rings is 2. The van der Waals surface area contributed by atoms with Gasteiger partial charge in [-0.15, -0.1) is 0 Å². The van der Waals surface area contributed by atoms with Crippen molar-refractivity contribution in [2.45, 2.75) is 129 Å². The van der Waals surface area contributed by atoms with E-state index in [0.717, 1.165) is 38.9 Å². The van der Waals surface area contributed by atoms with Crippen molar-refractivity contribution in [3.63, 3.8) is 0 Å². The molecule has 1 aliphatic carbocycles. The summed E-state index contributed by atoms with van der Waals surface area (Å²) in [6.45, 7) is 5.72. The molecule has 3 aliphatic heterocycles. The zero-order chi connectivity index (χ0) is 57.0. The zero-order valence-electron chi connectivity index (χ0n) is 44.9. The summed E-state index contributed by atoms with van der Waals surface area (Å²) in [6, 6.07) is 9.19. The van der Waals surface area contributed by atoms with Crippen LogP contribution >= 0.6 is 12.2 Å². The number of primary amides is 1. The maximum atomic E-state index is 13.7. The molecule has 8 rings (SSSR count). The topological polar surface area (TPSA) is 310 Å². The van der Waals surface area contributed by atoms with Gasteiger partial charge in [0.15, 0.2) is 11.5 Å². The number of hydrogen-bond donors (Lipinski definition) is 7. The molecule has 0 radical (unpaired) electrons. The van der Waals surface area contributed by atoms with E-state index in [2.05, 4.69) is 42.5 Å². The maximum absolute atomic E-state index is 13.7. The van der Waals surface area contributed by atoms with Gasteiger partial charge in [0.25, 0.3) is 0 Å². The van der Waals surface area contributed by atoms with E-state index in [1.54, 1.807) is 44.2 Å². The van der Waals surface area contributed by atoms with E-state index in [4.69, 9.17) is 41.9 Å². The summed E-state index contributed by atoms with van der Waals surface area (Å²) in [7, 11) is 0. The average molecular weight is 1120 g/mol. The predicted octanol–water partition coefficient (Wildman–Crippen LogP) is 5.08. The Kier molecular flexibility index (Phi) is 19.3. The molecule has 1 fully saturated rings. The summed E-state index contributed by atoms with van der Waals surface area (Å²) in [5.41, 5.74) is 12.7. The molecule has 9 amide bonds. The van der Waals surface area contributed by atoms with Gasteiger partial charge >= 0.3 is 12.1 Å². The van der Waals surface area contributed by atoms with Crippen LogP contribution in [0.5, 0.6) is 11.5 Å². The van der Waals surface area contributed by atoms with Gasteiger partial charge in [0.1, 0.15) is 42.5 Å². The first kappa shape index (κ1) is 57.9. The molecule has 1 unspecified atom stereocenters. The summed E-state index contributed by atoms with van der Waals surface area (Å²) >= 11 is 6.04. The zero-order valence-corrected chi connectivity index (χ0v) is 45.7. The number of Topliss-reactive ketones (excluding diaryl/α,β-unsaturated/α-hetero) is 1. The lowest BCUT2D eigenvalue weighted by atomic mass is 9.81. The Morgan fingerprint density at radius 1 is 0.863 bits per heavy atom. The highest BCUT2D eigenvalue weighted by molar-refractivity contribution is 7.71. The SMILES string of the molecule is CCC1C(=O)CCc2c1cc1n(c2=S)Cc2c-1nc1cc3c(cc1c2CNC(=O)COCNC(=O)OCc1ccc(NC(=O)[C@H](CCCNC(N)=O)NC(=O)[C@H](C=C(C)C)NC(=O)CCCCCN2C(=O)CCC2=O)cc1)OCO3. The number of imide groups is 1. The van der Waals surface area contributed by atoms with Crippen molar-refractivity contribution in [2.24, 2.45) is 5.73 Å². The van der Waals surface area contributed by atoms with Crippen molar-refractivity contribution in [3.8, 4) is 22.9 Å². The summed E-state index contributed by atoms with van der Waals surface area (Å²) in [5, 5.41) is 16.9. The van der Waals surface area contributed by atoms with Crippen molar-refractivity contribution in [3.05, 3.63) is 86.6 Å². The van der Waals surface area contributed by atoms with Gasteiger partial charge in [-0.25, -0.2) is 14.6 Å². The van der Waals surface area contributed by atoms with Crippen LogP contribution in [0.1, 0.15) is 119 Å². The fourth-order valence-corrected chi connectivity index (χ4v) is 10.6. The number of amides is 9. The molecule has 4 aromatic rings. The monoisotopic (exact) mass is 1120 g/mol. The first-order chi connectivity index (χ1) is 38.5. The lowest BCUT2D eigenvalue weighted by Crippen LogP contribution is -2.52. The number of nitrogens with two attached hydrogens (primary N) is 1. The number of unbranched alkanes of at least 4 members (excludes halogenated alkanes) is 2. The number of nitrogens with one attached hydrogen (secondary N) is 6. The lowest BCUT2D eigenvalue weighted by Gasteiger charge is -2.25. The summed E-state index contributed by atoms with van der Waals surface area (Å²) in [4.78, 5) is 120. The van der Waals surface area contributed by atoms with Gasteiger partial charge in [0.05, 0.1) is 23.4 Å². The Hall–Kier alpha value is -8.25. The Bertz CT molecular complexity index is 3180. The van der Waals surface area contributed by atoms with Crippen LogP contribution in [0.3, 0.4) is 0 Å². The number of hydrogen-bond acceptors (Lipinski definition) is 15. The van der Waals surface area contributed by atoms with Gasteiger partial charge in [0, 0.05) is 73.9 Å². The molecular formula is C56H66N10O13S. The number of ketones is 1. The number of aromatic nitrogens is 2. The number of carbonyl (C=O) groups is 9. The molecule has 424 valence electrons. The minimum atomic E-state index is -1.11. The first-order valence-corrected chi connectivity index (χ1v) is 27.2. The second-order valence-electron chi connectivity index (χ2n) is 20.2. The van der Waals surface area contributed by atoms with Crippen LogP contribution in [0.25, 0.3) is 22.3 Å². The smallest absolute Gasteiger partial charge is 0.409 e. The fourth-order valence-electron chi connectivity index (χ4n) is 10.2. The molecule has 80 heavy (non-hydrogen) atoms. The van der Waals surface area contributed by atoms with Gasteiger partial charge < -0.3 is 55.8 Å². The molecule has 4 aliphatic rings. The van der Waals surface area contributed by atoms with Crippen LogP contribution in [-0.4, -0.2) is 113 Å². The molecule has 5 heterocycles. The molecule has 0 spiro atoms. The van der Waals surface area contributed by atoms with Crippen LogP contribution < -0.4 is 47.1 Å². The fraction of sp³-hybridized carbons (Fsp3) is 0.446. The van der Waals surface area contributed by atoms with Crippen LogP contribution in [0.4, 0.5) is 15.3 Å². The van der Waals surface area contributed by atoms with Crippen molar-refractivity contribution in [2.75, 3.05) is 38.5 Å². The van der Waals surface area contributed by atoms with Crippen LogP contribution in [0.15, 0.2) is 54.1 Å². The van der Waals surface area contributed by atoms with E-state index in [1.807, 2.05) is 19.1 Å². The summed E-state index contributed by atoms with van der Waals surface area (Å²) in [5.74, 6) is -1.33. The molecule has 0 saturated carbocycles. The third-order valence-electron chi connectivity index (χ3n) is 14.2. The number of urea groups is 1. The third-order valence-corrected chi connectivity index (χ3v) is 14.7. The van der Waals surface area contributed by atoms with E-state index in [-0.39, 0.29) is 95.4 Å². The Balaban J connectivity index is 0.795. The molecule has 3 atom stereocenters. The number of rotatable bonds is 25. The van der Waals surface area contributed by atoms with E-state index in [9.17, 15) is 43.2 Å². The average Bonchev–Trinajstić information content (AvgIpc) is 4.21. The Morgan fingerprint density at radius 2 is 1.61 bits per heavy atom. The predicted molar refractivity (Wildman–Crippen MR) is 293 cm³/mol. The molecule has 2 aromatic carbocycles. The molecule has 0 bridgehead atoms. The van der Waals surface area contributed by atoms with Crippen LogP contribution in [0, 0.1) is 4.64 Å². The highest BCUT2D eigenvalue weighted by Gasteiger charge is 2.34. The third kappa shape index (κ3) is 14.3. The number of anilines is 1. The van der Waals surface area contributed by atoms with E-state index < -0.39 is 47.8 Å². The minimum absolute atomic E-state index is 0.0719. The Morgan fingerprint density at radius 3 is 2.34 bits per heavy atom. The minimum Gasteiger partial charge on any atom is -0.454 e. The van der Waals surface area contributed by atoms with Crippen molar-refractivity contribution >= 4 is 82.2 Å². The van der Waals surface area contributed by atoms with Crippen LogP contribution in [-0.2, 0) is 69.2 Å². The highest BCUT2D eigenvalue weighted by Crippen LogP contribution is 2.44. The highest BCUT2D eigenvalue weighted by atomic mass is 32.1. The number of nitrogens with zero attached hydrogens (tertiary/aromatic N) is 3. The number of allylic oxidation sites excluding steroid dienone is 1. The number of likely N-dealkylation sites (tertiary alicyclic amines) is 1. The molecule has 2 aromatic heterocycles. The van der Waals surface area contributed by atoms with Crippen molar-refractivity contribution in [1.29, 1.82) is 0 Å². The largest absolute Gasteiger partial charge is 0.454 e.